The van der Waals surface area contributed by atoms with Crippen molar-refractivity contribution in [1.82, 2.24) is 14.8 Å². The first-order valence-electron chi connectivity index (χ1n) is 5.35. The number of ether oxygens (including phenoxy) is 1. The van der Waals surface area contributed by atoms with Gasteiger partial charge in [-0.3, -0.25) is 0 Å². The first-order chi connectivity index (χ1) is 9.17. The van der Waals surface area contributed by atoms with Crippen LogP contribution in [-0.4, -0.2) is 33.6 Å². The Kier molecular flexibility index (Phi) is 3.54. The Labute approximate surface area is 107 Å². The van der Waals surface area contributed by atoms with E-state index in [2.05, 4.69) is 22.0 Å². The van der Waals surface area contributed by atoms with E-state index >= 15 is 0 Å². The largest absolute Gasteiger partial charge is 0.495 e. The third-order valence-electron chi connectivity index (χ3n) is 2.41. The van der Waals surface area contributed by atoms with Crippen molar-refractivity contribution < 1.29 is 9.84 Å². The summed E-state index contributed by atoms with van der Waals surface area (Å²) < 4.78 is 6.02. The fourth-order valence-corrected chi connectivity index (χ4v) is 1.61. The lowest BCUT2D eigenvalue weighted by atomic mass is 10.2. The van der Waals surface area contributed by atoms with Gasteiger partial charge in [-0.15, -0.1) is 0 Å². The molecule has 7 heteroatoms. The molecule has 0 atom stereocenters. The van der Waals surface area contributed by atoms with E-state index in [9.17, 15) is 9.59 Å². The maximum atomic E-state index is 11.6. The van der Waals surface area contributed by atoms with Crippen molar-refractivity contribution in [3.8, 4) is 23.3 Å². The second-order valence-electron chi connectivity index (χ2n) is 3.54. The fraction of sp³-hybridized carbons (Fsp3) is 0.167. The molecule has 0 fully saturated rings. The minimum absolute atomic E-state index is 0.272. The molecule has 1 aromatic carbocycles. The second kappa shape index (κ2) is 5.29. The van der Waals surface area contributed by atoms with Gasteiger partial charge in [0.2, 0.25) is 0 Å². The molecule has 3 N–H and O–H groups in total. The maximum Gasteiger partial charge on any atom is 0.349 e. The lowest BCUT2D eigenvalue weighted by Crippen LogP contribution is -2.25. The van der Waals surface area contributed by atoms with Gasteiger partial charge >= 0.3 is 11.4 Å². The van der Waals surface area contributed by atoms with E-state index in [1.165, 1.54) is 13.2 Å². The van der Waals surface area contributed by atoms with Gasteiger partial charge in [0.1, 0.15) is 12.4 Å². The predicted octanol–water partition coefficient (Wildman–Crippen LogP) is -0.794. The Bertz CT molecular complexity index is 730. The summed E-state index contributed by atoms with van der Waals surface area (Å²) in [6.45, 7) is -0.272. The zero-order valence-electron chi connectivity index (χ0n) is 10.1. The monoisotopic (exact) mass is 261 g/mol. The van der Waals surface area contributed by atoms with E-state index in [-0.39, 0.29) is 12.3 Å². The van der Waals surface area contributed by atoms with E-state index in [1.807, 2.05) is 0 Å². The number of rotatable bonds is 2. The van der Waals surface area contributed by atoms with Gasteiger partial charge < -0.3 is 9.84 Å². The van der Waals surface area contributed by atoms with Crippen LogP contribution in [0, 0.1) is 11.8 Å². The topological polar surface area (TPSA) is 100 Å². The van der Waals surface area contributed by atoms with Gasteiger partial charge in [0.15, 0.2) is 0 Å². The highest BCUT2D eigenvalue weighted by Crippen LogP contribution is 2.21. The average Bonchev–Trinajstić information content (AvgIpc) is 2.75. The molecule has 0 radical (unpaired) electrons. The smallest absolute Gasteiger partial charge is 0.349 e. The van der Waals surface area contributed by atoms with Gasteiger partial charge in [-0.05, 0) is 18.2 Å². The van der Waals surface area contributed by atoms with Crippen molar-refractivity contribution in [2.45, 2.75) is 0 Å². The van der Waals surface area contributed by atoms with E-state index in [4.69, 9.17) is 9.84 Å². The van der Waals surface area contributed by atoms with Crippen molar-refractivity contribution >= 4 is 0 Å². The molecule has 98 valence electrons. The summed E-state index contributed by atoms with van der Waals surface area (Å²) in [5, 5.41) is 13.0. The summed E-state index contributed by atoms with van der Waals surface area (Å²) in [7, 11) is 1.43. The predicted molar refractivity (Wildman–Crippen MR) is 67.5 cm³/mol. The molecule has 0 aliphatic rings. The van der Waals surface area contributed by atoms with Crippen LogP contribution in [0.5, 0.6) is 5.75 Å². The molecule has 0 aliphatic carbocycles. The highest BCUT2D eigenvalue weighted by molar-refractivity contribution is 5.52. The molecule has 0 unspecified atom stereocenters. The number of aliphatic hydroxyl groups is 1. The van der Waals surface area contributed by atoms with Crippen LogP contribution in [0.15, 0.2) is 27.8 Å². The van der Waals surface area contributed by atoms with E-state index in [1.54, 1.807) is 12.1 Å². The SMILES string of the molecule is COc1ccc(C#CCO)cc1-n1c(=O)[nH][nH]c1=O. The number of aliphatic hydroxyl groups excluding tert-OH is 1. The summed E-state index contributed by atoms with van der Waals surface area (Å²) in [6, 6.07) is 4.79. The lowest BCUT2D eigenvalue weighted by molar-refractivity contribution is 0.350. The van der Waals surface area contributed by atoms with Crippen LogP contribution >= 0.6 is 0 Å². The van der Waals surface area contributed by atoms with Crippen LogP contribution in [0.4, 0.5) is 0 Å². The van der Waals surface area contributed by atoms with Crippen molar-refractivity contribution in [3.63, 3.8) is 0 Å². The first kappa shape index (κ1) is 12.7. The number of aromatic amines is 2. The van der Waals surface area contributed by atoms with E-state index < -0.39 is 11.4 Å². The summed E-state index contributed by atoms with van der Waals surface area (Å²) in [4.78, 5) is 23.2. The minimum atomic E-state index is -0.601. The molecule has 2 rings (SSSR count). The van der Waals surface area contributed by atoms with E-state index in [0.717, 1.165) is 4.57 Å². The molecular formula is C12H11N3O4. The first-order valence-corrected chi connectivity index (χ1v) is 5.35. The van der Waals surface area contributed by atoms with Crippen LogP contribution < -0.4 is 16.1 Å². The van der Waals surface area contributed by atoms with E-state index in [0.29, 0.717) is 11.3 Å². The normalized spacial score (nSPS) is 9.79. The van der Waals surface area contributed by atoms with Crippen molar-refractivity contribution in [1.29, 1.82) is 0 Å². The molecule has 0 bridgehead atoms. The van der Waals surface area contributed by atoms with Gasteiger partial charge in [0.05, 0.1) is 12.8 Å². The molecule has 0 saturated heterocycles. The molecule has 19 heavy (non-hydrogen) atoms. The average molecular weight is 261 g/mol. The number of H-pyrrole nitrogens is 2. The number of nitrogens with zero attached hydrogens (tertiary/aromatic N) is 1. The number of methoxy groups -OCH3 is 1. The van der Waals surface area contributed by atoms with Crippen LogP contribution in [0.25, 0.3) is 5.69 Å². The lowest BCUT2D eigenvalue weighted by Gasteiger charge is -2.07. The van der Waals surface area contributed by atoms with Gasteiger partial charge in [0.25, 0.3) is 0 Å². The zero-order chi connectivity index (χ0) is 13.8. The molecule has 1 aromatic heterocycles. The van der Waals surface area contributed by atoms with Crippen LogP contribution in [0.2, 0.25) is 0 Å². The Balaban J connectivity index is 2.67. The molecule has 0 amide bonds. The minimum Gasteiger partial charge on any atom is -0.495 e. The van der Waals surface area contributed by atoms with Crippen molar-refractivity contribution in [2.24, 2.45) is 0 Å². The Morgan fingerprint density at radius 1 is 1.32 bits per heavy atom. The number of aromatic nitrogens is 3. The molecule has 7 nitrogen and oxygen atoms in total. The fourth-order valence-electron chi connectivity index (χ4n) is 1.61. The molecule has 1 heterocycles. The summed E-state index contributed by atoms with van der Waals surface area (Å²) >= 11 is 0. The molecule has 0 spiro atoms. The van der Waals surface area contributed by atoms with Crippen molar-refractivity contribution in [2.75, 3.05) is 13.7 Å². The molecule has 0 aliphatic heterocycles. The number of nitrogens with one attached hydrogen (secondary N) is 2. The standard InChI is InChI=1S/C12H11N3O4/c1-19-10-5-4-8(3-2-6-16)7-9(10)15-11(17)13-14-12(15)18/h4-5,7,16H,6H2,1H3,(H,13,17)(H,14,18). The highest BCUT2D eigenvalue weighted by atomic mass is 16.5. The summed E-state index contributed by atoms with van der Waals surface area (Å²) in [5.41, 5.74) is -0.372. The van der Waals surface area contributed by atoms with Gasteiger partial charge in [-0.2, -0.15) is 0 Å². The molecule has 2 aromatic rings. The summed E-state index contributed by atoms with van der Waals surface area (Å²) in [6.07, 6.45) is 0. The Morgan fingerprint density at radius 2 is 2.00 bits per heavy atom. The second-order valence-corrected chi connectivity index (χ2v) is 3.54. The Morgan fingerprint density at radius 3 is 2.58 bits per heavy atom. The summed E-state index contributed by atoms with van der Waals surface area (Å²) in [5.74, 6) is 5.54. The van der Waals surface area contributed by atoms with Crippen LogP contribution in [0.1, 0.15) is 5.56 Å². The zero-order valence-corrected chi connectivity index (χ0v) is 10.1. The number of hydrogen-bond acceptors (Lipinski definition) is 4. The molecular weight excluding hydrogens is 250 g/mol. The maximum absolute atomic E-state index is 11.6. The van der Waals surface area contributed by atoms with Gasteiger partial charge in [0, 0.05) is 5.56 Å². The van der Waals surface area contributed by atoms with Crippen LogP contribution in [-0.2, 0) is 0 Å². The highest BCUT2D eigenvalue weighted by Gasteiger charge is 2.12. The number of hydrogen-bond donors (Lipinski definition) is 3. The van der Waals surface area contributed by atoms with Gasteiger partial charge in [-0.25, -0.2) is 24.4 Å². The quantitative estimate of drug-likeness (QED) is 0.616. The Hall–Kier alpha value is -2.72. The number of benzene rings is 1. The third kappa shape index (κ3) is 2.43. The molecule has 0 saturated carbocycles. The van der Waals surface area contributed by atoms with Crippen molar-refractivity contribution in [3.05, 3.63) is 44.7 Å². The van der Waals surface area contributed by atoms with Crippen LogP contribution in [0.3, 0.4) is 0 Å². The third-order valence-corrected chi connectivity index (χ3v) is 2.41. The van der Waals surface area contributed by atoms with Gasteiger partial charge in [-0.1, -0.05) is 11.8 Å².